The molecule has 0 aromatic rings. The number of rotatable bonds is 0. The van der Waals surface area contributed by atoms with Crippen LogP contribution in [0.2, 0.25) is 0 Å². The van der Waals surface area contributed by atoms with Crippen molar-refractivity contribution in [3.8, 4) is 5.40 Å². The summed E-state index contributed by atoms with van der Waals surface area (Å²) in [6.07, 6.45) is 1.74. The maximum Gasteiger partial charge on any atom is 0.133 e. The van der Waals surface area contributed by atoms with Crippen LogP contribution in [-0.4, -0.2) is 35.8 Å². The van der Waals surface area contributed by atoms with E-state index in [1.165, 1.54) is 0 Å². The Morgan fingerprint density at radius 1 is 1.80 bits per heavy atom. The van der Waals surface area contributed by atoms with E-state index in [1.807, 2.05) is 5.40 Å². The van der Waals surface area contributed by atoms with Gasteiger partial charge in [0.25, 0.3) is 0 Å². The Bertz CT molecular complexity index is 39.4. The Kier molecular flexibility index (Phi) is 16.4. The molecule has 5 heavy (non-hydrogen) atoms. The van der Waals surface area contributed by atoms with Gasteiger partial charge in [-0.25, -0.2) is 0 Å². The molecule has 0 aromatic heterocycles. The second kappa shape index (κ2) is 8.85. The summed E-state index contributed by atoms with van der Waals surface area (Å²) < 4.78 is 0. The molecule has 0 aliphatic carbocycles. The van der Waals surface area contributed by atoms with E-state index in [0.717, 1.165) is 11.8 Å². The van der Waals surface area contributed by atoms with Crippen LogP contribution < -0.4 is 0 Å². The van der Waals surface area contributed by atoms with Crippen molar-refractivity contribution in [1.29, 1.82) is 5.26 Å². The number of hydrogen-bond donors (Lipinski definition) is 0. The van der Waals surface area contributed by atoms with Crippen LogP contribution in [0, 0.1) is 10.7 Å². The van der Waals surface area contributed by atoms with Crippen LogP contribution in [0.25, 0.3) is 0 Å². The molecular weight excluding hydrogens is 93.1 g/mol. The van der Waals surface area contributed by atoms with Crippen LogP contribution in [-0.2, 0) is 0 Å². The van der Waals surface area contributed by atoms with Crippen molar-refractivity contribution < 1.29 is 0 Å². The van der Waals surface area contributed by atoms with Crippen molar-refractivity contribution in [2.45, 2.75) is 0 Å². The zero-order chi connectivity index (χ0) is 3.41. The summed E-state index contributed by atoms with van der Waals surface area (Å²) in [7, 11) is 0. The van der Waals surface area contributed by atoms with Gasteiger partial charge in [0.1, 0.15) is 5.40 Å². The molecule has 0 heterocycles. The molecule has 0 rings (SSSR count). The van der Waals surface area contributed by atoms with E-state index >= 15 is 0 Å². The second-order valence-electron chi connectivity index (χ2n) is 0.295. The second-order valence-corrected chi connectivity index (χ2v) is 0.886. The predicted molar refractivity (Wildman–Crippen MR) is 24.9 cm³/mol. The Hall–Kier alpha value is 0.840. The Labute approximate surface area is 58.0 Å². The third kappa shape index (κ3) is 11.5. The SMILES string of the molecule is CSC#N.[Na]. The summed E-state index contributed by atoms with van der Waals surface area (Å²) in [6.45, 7) is 0. The first-order chi connectivity index (χ1) is 1.91. The zero-order valence-corrected chi connectivity index (χ0v) is 6.17. The molecule has 0 unspecified atom stereocenters. The summed E-state index contributed by atoms with van der Waals surface area (Å²) in [4.78, 5) is 0. The standard InChI is InChI=1S/C2H3NS.Na/c1-4-2-3;/h1H3;. The first-order valence-corrected chi connectivity index (χ1v) is 2.06. The van der Waals surface area contributed by atoms with Crippen LogP contribution in [0.3, 0.4) is 0 Å². The van der Waals surface area contributed by atoms with Gasteiger partial charge in [-0.3, -0.25) is 0 Å². The third-order valence-corrected chi connectivity index (χ3v) is 0.274. The van der Waals surface area contributed by atoms with Crippen LogP contribution in [0.1, 0.15) is 0 Å². The minimum Gasteiger partial charge on any atom is -0.185 e. The summed E-state index contributed by atoms with van der Waals surface area (Å²) in [5.41, 5.74) is 0. The molecule has 0 aliphatic rings. The number of hydrogen-bond acceptors (Lipinski definition) is 2. The fraction of sp³-hybridized carbons (Fsp3) is 0.500. The van der Waals surface area contributed by atoms with E-state index < -0.39 is 0 Å². The van der Waals surface area contributed by atoms with Gasteiger partial charge in [0.2, 0.25) is 0 Å². The van der Waals surface area contributed by atoms with Crippen molar-refractivity contribution in [3.63, 3.8) is 0 Å². The molecule has 0 saturated heterocycles. The monoisotopic (exact) mass is 96.0 g/mol. The van der Waals surface area contributed by atoms with Crippen molar-refractivity contribution in [3.05, 3.63) is 0 Å². The average molecular weight is 96.1 g/mol. The smallest absolute Gasteiger partial charge is 0.133 e. The van der Waals surface area contributed by atoms with Gasteiger partial charge < -0.3 is 0 Å². The number of nitriles is 1. The van der Waals surface area contributed by atoms with Crippen molar-refractivity contribution in [2.24, 2.45) is 0 Å². The molecule has 0 amide bonds. The fourth-order valence-electron chi connectivity index (χ4n) is 0. The molecule has 0 aromatic carbocycles. The number of nitrogens with zero attached hydrogens (tertiary/aromatic N) is 1. The molecule has 23 valence electrons. The van der Waals surface area contributed by atoms with Crippen molar-refractivity contribution in [1.82, 2.24) is 0 Å². The van der Waals surface area contributed by atoms with E-state index in [4.69, 9.17) is 5.26 Å². The minimum atomic E-state index is 0. The van der Waals surface area contributed by atoms with Gasteiger partial charge in [0.05, 0.1) is 0 Å². The predicted octanol–water partition coefficient (Wildman–Crippen LogP) is 0.450. The first kappa shape index (κ1) is 9.28. The number of thioether (sulfide) groups is 1. The third-order valence-electron chi connectivity index (χ3n) is 0.0913. The van der Waals surface area contributed by atoms with Crippen LogP contribution in [0.5, 0.6) is 0 Å². The average Bonchev–Trinajstić information content (AvgIpc) is 1.37. The fourth-order valence-corrected chi connectivity index (χ4v) is 0. The zero-order valence-electron chi connectivity index (χ0n) is 3.36. The van der Waals surface area contributed by atoms with Gasteiger partial charge in [-0.1, -0.05) is 0 Å². The molecule has 0 fully saturated rings. The summed E-state index contributed by atoms with van der Waals surface area (Å²) >= 11 is 1.16. The van der Waals surface area contributed by atoms with Gasteiger partial charge in [0, 0.05) is 29.6 Å². The Morgan fingerprint density at radius 2 is 2.00 bits per heavy atom. The molecule has 0 aliphatic heterocycles. The molecule has 0 spiro atoms. The van der Waals surface area contributed by atoms with Crippen LogP contribution >= 0.6 is 11.8 Å². The molecule has 0 atom stereocenters. The van der Waals surface area contributed by atoms with E-state index in [9.17, 15) is 0 Å². The largest absolute Gasteiger partial charge is 0.185 e. The summed E-state index contributed by atoms with van der Waals surface area (Å²) in [5.74, 6) is 0. The molecule has 0 saturated carbocycles. The van der Waals surface area contributed by atoms with Crippen molar-refractivity contribution in [2.75, 3.05) is 6.26 Å². The van der Waals surface area contributed by atoms with Gasteiger partial charge in [-0.2, -0.15) is 5.26 Å². The first-order valence-electron chi connectivity index (χ1n) is 0.836. The van der Waals surface area contributed by atoms with Crippen LogP contribution in [0.15, 0.2) is 0 Å². The van der Waals surface area contributed by atoms with E-state index in [2.05, 4.69) is 0 Å². The molecule has 0 N–H and O–H groups in total. The Balaban J connectivity index is 0. The summed E-state index contributed by atoms with van der Waals surface area (Å²) in [6, 6.07) is 0. The molecule has 3 heteroatoms. The quantitative estimate of drug-likeness (QED) is 0.323. The Morgan fingerprint density at radius 3 is 2.00 bits per heavy atom. The summed E-state index contributed by atoms with van der Waals surface area (Å²) in [5, 5.41) is 9.44. The van der Waals surface area contributed by atoms with Gasteiger partial charge >= 0.3 is 0 Å². The minimum absolute atomic E-state index is 0. The number of thiocyanates is 1. The maximum atomic E-state index is 7.59. The van der Waals surface area contributed by atoms with E-state index in [0.29, 0.717) is 0 Å². The molecule has 0 bridgehead atoms. The van der Waals surface area contributed by atoms with Crippen LogP contribution in [0.4, 0.5) is 0 Å². The molecule has 1 radical (unpaired) electrons. The van der Waals surface area contributed by atoms with E-state index in [-0.39, 0.29) is 29.6 Å². The molecule has 1 nitrogen and oxygen atoms in total. The van der Waals surface area contributed by atoms with E-state index in [1.54, 1.807) is 6.26 Å². The van der Waals surface area contributed by atoms with Crippen molar-refractivity contribution >= 4 is 41.3 Å². The molecular formula is C2H3NNaS. The van der Waals surface area contributed by atoms with Gasteiger partial charge in [0.15, 0.2) is 0 Å². The van der Waals surface area contributed by atoms with Gasteiger partial charge in [-0.05, 0) is 18.0 Å². The topological polar surface area (TPSA) is 23.8 Å². The maximum absolute atomic E-state index is 7.59. The normalized spacial score (nSPS) is 4.00. The van der Waals surface area contributed by atoms with Gasteiger partial charge in [-0.15, -0.1) is 0 Å².